The van der Waals surface area contributed by atoms with Crippen LogP contribution < -0.4 is 5.32 Å². The fourth-order valence-electron chi connectivity index (χ4n) is 3.20. The third kappa shape index (κ3) is 2.98. The van der Waals surface area contributed by atoms with Gasteiger partial charge < -0.3 is 5.32 Å². The molecule has 1 atom stereocenters. The molecule has 0 heterocycles. The molecule has 0 amide bonds. The van der Waals surface area contributed by atoms with Gasteiger partial charge in [-0.2, -0.15) is 0 Å². The van der Waals surface area contributed by atoms with Gasteiger partial charge in [-0.1, -0.05) is 55.7 Å². The monoisotopic (exact) mass is 253 g/mol. The Labute approximate surface area is 116 Å². The first-order valence-electron chi connectivity index (χ1n) is 7.58. The van der Waals surface area contributed by atoms with Gasteiger partial charge in [0.15, 0.2) is 0 Å². The van der Waals surface area contributed by atoms with Gasteiger partial charge in [-0.3, -0.25) is 0 Å². The first kappa shape index (κ1) is 12.7. The van der Waals surface area contributed by atoms with Gasteiger partial charge in [0, 0.05) is 12.1 Å². The summed E-state index contributed by atoms with van der Waals surface area (Å²) in [7, 11) is 0. The molecule has 19 heavy (non-hydrogen) atoms. The lowest BCUT2D eigenvalue weighted by molar-refractivity contribution is 0.347. The smallest absolute Gasteiger partial charge is 0.0294 e. The normalized spacial score (nSPS) is 18.6. The molecule has 0 spiro atoms. The van der Waals surface area contributed by atoms with Crippen LogP contribution in [0, 0.1) is 0 Å². The highest BCUT2D eigenvalue weighted by Crippen LogP contribution is 2.23. The summed E-state index contributed by atoms with van der Waals surface area (Å²) >= 11 is 0. The van der Waals surface area contributed by atoms with Gasteiger partial charge in [0.1, 0.15) is 0 Å². The summed E-state index contributed by atoms with van der Waals surface area (Å²) in [5.41, 5.74) is 1.41. The maximum atomic E-state index is 3.80. The maximum absolute atomic E-state index is 3.80. The summed E-state index contributed by atoms with van der Waals surface area (Å²) in [5, 5.41) is 6.47. The Bertz CT molecular complexity index is 540. The number of benzene rings is 2. The highest BCUT2D eigenvalue weighted by atomic mass is 14.9. The van der Waals surface area contributed by atoms with Crippen molar-refractivity contribution < 1.29 is 0 Å². The van der Waals surface area contributed by atoms with Crippen molar-refractivity contribution in [1.29, 1.82) is 0 Å². The van der Waals surface area contributed by atoms with Crippen molar-refractivity contribution in [1.82, 2.24) is 5.32 Å². The first-order valence-corrected chi connectivity index (χ1v) is 7.58. The van der Waals surface area contributed by atoms with Crippen LogP contribution in [0.5, 0.6) is 0 Å². The van der Waals surface area contributed by atoms with Crippen LogP contribution in [-0.4, -0.2) is 6.04 Å². The molecule has 0 aromatic heterocycles. The van der Waals surface area contributed by atoms with E-state index in [1.807, 2.05) is 0 Å². The van der Waals surface area contributed by atoms with E-state index in [0.717, 1.165) is 6.04 Å². The van der Waals surface area contributed by atoms with Crippen LogP contribution in [0.3, 0.4) is 0 Å². The molecule has 1 heteroatoms. The zero-order chi connectivity index (χ0) is 13.1. The molecule has 0 saturated heterocycles. The largest absolute Gasteiger partial charge is 0.307 e. The molecule has 2 aromatic carbocycles. The highest BCUT2D eigenvalue weighted by Gasteiger charge is 2.16. The predicted octanol–water partition coefficient (Wildman–Crippen LogP) is 4.82. The molecule has 1 fully saturated rings. The summed E-state index contributed by atoms with van der Waals surface area (Å²) in [6.07, 6.45) is 6.89. The van der Waals surface area contributed by atoms with Crippen LogP contribution in [0.4, 0.5) is 0 Å². The van der Waals surface area contributed by atoms with Crippen LogP contribution in [0.1, 0.15) is 50.6 Å². The molecule has 1 saturated carbocycles. The van der Waals surface area contributed by atoms with E-state index < -0.39 is 0 Å². The van der Waals surface area contributed by atoms with Gasteiger partial charge >= 0.3 is 0 Å². The van der Waals surface area contributed by atoms with Crippen LogP contribution >= 0.6 is 0 Å². The summed E-state index contributed by atoms with van der Waals surface area (Å²) in [5.74, 6) is 0. The summed E-state index contributed by atoms with van der Waals surface area (Å²) in [6, 6.07) is 16.6. The summed E-state index contributed by atoms with van der Waals surface area (Å²) < 4.78 is 0. The van der Waals surface area contributed by atoms with E-state index in [-0.39, 0.29) is 0 Å². The van der Waals surface area contributed by atoms with Gasteiger partial charge in [-0.25, -0.2) is 0 Å². The van der Waals surface area contributed by atoms with Crippen molar-refractivity contribution in [2.24, 2.45) is 0 Å². The molecular formula is C18H23N. The summed E-state index contributed by atoms with van der Waals surface area (Å²) in [4.78, 5) is 0. The Morgan fingerprint density at radius 1 is 0.947 bits per heavy atom. The van der Waals surface area contributed by atoms with E-state index >= 15 is 0 Å². The predicted molar refractivity (Wildman–Crippen MR) is 82.4 cm³/mol. The van der Waals surface area contributed by atoms with Crippen LogP contribution in [-0.2, 0) is 0 Å². The van der Waals surface area contributed by atoms with Crippen molar-refractivity contribution in [3.05, 3.63) is 48.0 Å². The van der Waals surface area contributed by atoms with E-state index in [0.29, 0.717) is 6.04 Å². The number of hydrogen-bond donors (Lipinski definition) is 1. The lowest BCUT2D eigenvalue weighted by Crippen LogP contribution is -2.33. The Morgan fingerprint density at radius 3 is 2.47 bits per heavy atom. The van der Waals surface area contributed by atoms with Gasteiger partial charge in [-0.05, 0) is 42.2 Å². The van der Waals surface area contributed by atoms with Gasteiger partial charge in [-0.15, -0.1) is 0 Å². The van der Waals surface area contributed by atoms with E-state index in [4.69, 9.17) is 0 Å². The molecule has 1 unspecified atom stereocenters. The second kappa shape index (κ2) is 5.75. The second-order valence-electron chi connectivity index (χ2n) is 5.83. The minimum Gasteiger partial charge on any atom is -0.307 e. The molecule has 2 aromatic rings. The van der Waals surface area contributed by atoms with E-state index in [2.05, 4.69) is 54.7 Å². The standard InChI is InChI=1S/C18H23N/c1-14(19-18-9-3-2-4-10-18)16-12-11-15-7-5-6-8-17(15)13-16/h5-8,11-14,18-19H,2-4,9-10H2,1H3. The zero-order valence-electron chi connectivity index (χ0n) is 11.7. The van der Waals surface area contributed by atoms with Crippen molar-refractivity contribution in [3.63, 3.8) is 0 Å². The quantitative estimate of drug-likeness (QED) is 0.826. The molecule has 1 nitrogen and oxygen atoms in total. The highest BCUT2D eigenvalue weighted by molar-refractivity contribution is 5.83. The second-order valence-corrected chi connectivity index (χ2v) is 5.83. The molecule has 3 rings (SSSR count). The third-order valence-corrected chi connectivity index (χ3v) is 4.36. The number of fused-ring (bicyclic) bond motifs is 1. The first-order chi connectivity index (χ1) is 9.33. The minimum atomic E-state index is 0.452. The van der Waals surface area contributed by atoms with Crippen molar-refractivity contribution in [2.45, 2.75) is 51.1 Å². The van der Waals surface area contributed by atoms with Crippen LogP contribution in [0.15, 0.2) is 42.5 Å². The summed E-state index contributed by atoms with van der Waals surface area (Å²) in [6.45, 7) is 2.29. The van der Waals surface area contributed by atoms with Gasteiger partial charge in [0.05, 0.1) is 0 Å². The van der Waals surface area contributed by atoms with Crippen molar-refractivity contribution >= 4 is 10.8 Å². The molecular weight excluding hydrogens is 230 g/mol. The van der Waals surface area contributed by atoms with Crippen molar-refractivity contribution in [3.8, 4) is 0 Å². The molecule has 1 N–H and O–H groups in total. The van der Waals surface area contributed by atoms with Gasteiger partial charge in [0.25, 0.3) is 0 Å². The average molecular weight is 253 g/mol. The molecule has 100 valence electrons. The lowest BCUT2D eigenvalue weighted by Gasteiger charge is -2.27. The van der Waals surface area contributed by atoms with Gasteiger partial charge in [0.2, 0.25) is 0 Å². The topological polar surface area (TPSA) is 12.0 Å². The molecule has 0 radical (unpaired) electrons. The molecule has 0 aliphatic heterocycles. The fourth-order valence-corrected chi connectivity index (χ4v) is 3.20. The van der Waals surface area contributed by atoms with Crippen molar-refractivity contribution in [2.75, 3.05) is 0 Å². The molecule has 0 bridgehead atoms. The van der Waals surface area contributed by atoms with E-state index in [1.165, 1.54) is 48.4 Å². The van der Waals surface area contributed by atoms with E-state index in [1.54, 1.807) is 0 Å². The number of nitrogens with one attached hydrogen (secondary N) is 1. The third-order valence-electron chi connectivity index (χ3n) is 4.36. The zero-order valence-corrected chi connectivity index (χ0v) is 11.7. The van der Waals surface area contributed by atoms with Crippen LogP contribution in [0.25, 0.3) is 10.8 Å². The lowest BCUT2D eigenvalue weighted by atomic mass is 9.94. The Kier molecular flexibility index (Phi) is 3.84. The Hall–Kier alpha value is -1.34. The molecule has 1 aliphatic carbocycles. The number of hydrogen-bond acceptors (Lipinski definition) is 1. The van der Waals surface area contributed by atoms with Crippen LogP contribution in [0.2, 0.25) is 0 Å². The fraction of sp³-hybridized carbons (Fsp3) is 0.444. The minimum absolute atomic E-state index is 0.452. The average Bonchev–Trinajstić information content (AvgIpc) is 2.48. The maximum Gasteiger partial charge on any atom is 0.0294 e. The molecule has 1 aliphatic rings. The SMILES string of the molecule is CC(NC1CCCCC1)c1ccc2ccccc2c1. The number of rotatable bonds is 3. The Morgan fingerprint density at radius 2 is 1.68 bits per heavy atom. The Balaban J connectivity index is 1.75. The van der Waals surface area contributed by atoms with E-state index in [9.17, 15) is 0 Å².